The number of aliphatic carboxylic acids is 1. The largest absolute Gasteiger partial charge is 0.478 e. The van der Waals surface area contributed by atoms with Crippen molar-refractivity contribution >= 4 is 23.3 Å². The fourth-order valence-corrected chi connectivity index (χ4v) is 2.09. The summed E-state index contributed by atoms with van der Waals surface area (Å²) in [5.74, 6) is -0.987. The number of ether oxygens (including phenoxy) is 1. The zero-order valence-corrected chi connectivity index (χ0v) is 11.0. The number of carbonyl (C=O) groups is 2. The third-order valence-corrected chi connectivity index (χ3v) is 3.05. The van der Waals surface area contributed by atoms with Crippen LogP contribution < -0.4 is 5.32 Å². The van der Waals surface area contributed by atoms with E-state index < -0.39 is 17.7 Å². The smallest absolute Gasteiger partial charge is 0.412 e. The number of allylic oxidation sites excluding steroid dienone is 1. The summed E-state index contributed by atoms with van der Waals surface area (Å²) in [7, 11) is 0. The average molecular weight is 261 g/mol. The molecule has 5 nitrogen and oxygen atoms in total. The topological polar surface area (TPSA) is 75.6 Å². The molecular formula is C14H15NO4. The monoisotopic (exact) mass is 261 g/mol. The van der Waals surface area contributed by atoms with Crippen molar-refractivity contribution in [2.75, 3.05) is 5.32 Å². The number of nitrogens with one attached hydrogen (secondary N) is 1. The Kier molecular flexibility index (Phi) is 3.06. The van der Waals surface area contributed by atoms with E-state index in [4.69, 9.17) is 9.84 Å². The van der Waals surface area contributed by atoms with Gasteiger partial charge in [0.1, 0.15) is 5.60 Å². The molecule has 2 N–H and O–H groups in total. The van der Waals surface area contributed by atoms with Gasteiger partial charge in [0.25, 0.3) is 0 Å². The van der Waals surface area contributed by atoms with E-state index in [1.165, 1.54) is 0 Å². The molecule has 1 amide bonds. The number of amides is 1. The van der Waals surface area contributed by atoms with E-state index in [1.54, 1.807) is 32.9 Å². The fourth-order valence-electron chi connectivity index (χ4n) is 2.09. The number of rotatable bonds is 2. The highest BCUT2D eigenvalue weighted by atomic mass is 16.6. The van der Waals surface area contributed by atoms with Crippen LogP contribution in [0.5, 0.6) is 0 Å². The van der Waals surface area contributed by atoms with Crippen LogP contribution in [0.1, 0.15) is 31.9 Å². The highest BCUT2D eigenvalue weighted by Crippen LogP contribution is 2.36. The predicted octanol–water partition coefficient (Wildman–Crippen LogP) is 2.97. The quantitative estimate of drug-likeness (QED) is 0.802. The minimum absolute atomic E-state index is 0.483. The van der Waals surface area contributed by atoms with Gasteiger partial charge >= 0.3 is 12.1 Å². The van der Waals surface area contributed by atoms with Crippen LogP contribution in [-0.2, 0) is 15.1 Å². The van der Waals surface area contributed by atoms with Crippen LogP contribution in [0, 0.1) is 0 Å². The molecule has 1 heterocycles. The van der Waals surface area contributed by atoms with Crippen LogP contribution in [0.25, 0.3) is 5.57 Å². The van der Waals surface area contributed by atoms with Gasteiger partial charge in [0.15, 0.2) is 0 Å². The number of carboxylic acids is 1. The molecule has 0 saturated carbocycles. The minimum atomic E-state index is -0.987. The van der Waals surface area contributed by atoms with E-state index in [2.05, 4.69) is 5.32 Å². The molecule has 0 atom stereocenters. The number of hydrogen-bond donors (Lipinski definition) is 2. The third-order valence-electron chi connectivity index (χ3n) is 3.05. The van der Waals surface area contributed by atoms with Gasteiger partial charge in [-0.3, -0.25) is 5.32 Å². The number of hydrogen-bond acceptors (Lipinski definition) is 3. The van der Waals surface area contributed by atoms with Gasteiger partial charge in [0, 0.05) is 11.6 Å². The minimum Gasteiger partial charge on any atom is -0.478 e. The average Bonchev–Trinajstić information content (AvgIpc) is 2.26. The van der Waals surface area contributed by atoms with Crippen LogP contribution in [0.4, 0.5) is 10.5 Å². The summed E-state index contributed by atoms with van der Waals surface area (Å²) in [6.45, 7) is 5.32. The van der Waals surface area contributed by atoms with Crippen molar-refractivity contribution in [3.05, 3.63) is 35.4 Å². The highest BCUT2D eigenvalue weighted by Gasteiger charge is 2.33. The summed E-state index contributed by atoms with van der Waals surface area (Å²) in [5.41, 5.74) is 2.20. The Morgan fingerprint density at radius 1 is 1.42 bits per heavy atom. The van der Waals surface area contributed by atoms with E-state index in [-0.39, 0.29) is 0 Å². The Labute approximate surface area is 110 Å². The van der Waals surface area contributed by atoms with Gasteiger partial charge in [-0.1, -0.05) is 6.07 Å². The lowest BCUT2D eigenvalue weighted by atomic mass is 9.91. The number of anilines is 1. The lowest BCUT2D eigenvalue weighted by molar-refractivity contribution is -0.131. The maximum atomic E-state index is 11.4. The molecule has 0 unspecified atom stereocenters. The van der Waals surface area contributed by atoms with Gasteiger partial charge in [-0.15, -0.1) is 0 Å². The van der Waals surface area contributed by atoms with E-state index in [1.807, 2.05) is 6.07 Å². The summed E-state index contributed by atoms with van der Waals surface area (Å²) < 4.78 is 5.23. The highest BCUT2D eigenvalue weighted by molar-refractivity contribution is 5.91. The summed E-state index contributed by atoms with van der Waals surface area (Å²) in [5, 5.41) is 11.4. The van der Waals surface area contributed by atoms with Gasteiger partial charge in [0.05, 0.1) is 5.69 Å². The molecule has 0 spiro atoms. The van der Waals surface area contributed by atoms with Gasteiger partial charge in [-0.2, -0.15) is 0 Å². The van der Waals surface area contributed by atoms with Crippen molar-refractivity contribution in [3.63, 3.8) is 0 Å². The molecule has 0 aliphatic carbocycles. The van der Waals surface area contributed by atoms with Gasteiger partial charge < -0.3 is 9.84 Å². The van der Waals surface area contributed by atoms with Gasteiger partial charge in [-0.25, -0.2) is 9.59 Å². The molecule has 0 saturated heterocycles. The maximum Gasteiger partial charge on any atom is 0.412 e. The number of fused-ring (bicyclic) bond motifs is 1. The van der Waals surface area contributed by atoms with Crippen LogP contribution in [0.3, 0.4) is 0 Å². The molecular weight excluding hydrogens is 246 g/mol. The van der Waals surface area contributed by atoms with Gasteiger partial charge in [-0.05, 0) is 44.0 Å². The summed E-state index contributed by atoms with van der Waals surface area (Å²) in [6, 6.07) is 5.37. The Hall–Kier alpha value is -2.30. The second-order valence-corrected chi connectivity index (χ2v) is 4.95. The Morgan fingerprint density at radius 2 is 2.11 bits per heavy atom. The SMILES string of the molecule is C/C(=C\C(=O)O)c1ccc2c(c1)C(C)(C)OC(=O)N2. The Bertz CT molecular complexity index is 587. The second-order valence-electron chi connectivity index (χ2n) is 4.95. The molecule has 1 aliphatic rings. The zero-order chi connectivity index (χ0) is 14.2. The predicted molar refractivity (Wildman–Crippen MR) is 70.9 cm³/mol. The Balaban J connectivity index is 2.49. The van der Waals surface area contributed by atoms with Crippen LogP contribution >= 0.6 is 0 Å². The first-order valence-corrected chi connectivity index (χ1v) is 5.86. The first kappa shape index (κ1) is 13.1. The van der Waals surface area contributed by atoms with Crippen LogP contribution in [-0.4, -0.2) is 17.2 Å². The first-order valence-electron chi connectivity index (χ1n) is 5.86. The zero-order valence-electron chi connectivity index (χ0n) is 11.0. The third kappa shape index (κ3) is 2.59. The molecule has 1 aromatic carbocycles. The van der Waals surface area contributed by atoms with E-state index in [0.29, 0.717) is 11.3 Å². The number of cyclic esters (lactones) is 1. The first-order chi connectivity index (χ1) is 8.79. The Morgan fingerprint density at radius 3 is 2.74 bits per heavy atom. The summed E-state index contributed by atoms with van der Waals surface area (Å²) in [6.07, 6.45) is 0.667. The lowest BCUT2D eigenvalue weighted by Gasteiger charge is -2.32. The second kappa shape index (κ2) is 4.42. The summed E-state index contributed by atoms with van der Waals surface area (Å²) in [4.78, 5) is 22.1. The van der Waals surface area contributed by atoms with Gasteiger partial charge in [0.2, 0.25) is 0 Å². The molecule has 0 radical (unpaired) electrons. The molecule has 0 fully saturated rings. The van der Waals surface area contributed by atoms with Crippen molar-refractivity contribution in [2.45, 2.75) is 26.4 Å². The molecule has 0 bridgehead atoms. The van der Waals surface area contributed by atoms with E-state index >= 15 is 0 Å². The molecule has 19 heavy (non-hydrogen) atoms. The molecule has 100 valence electrons. The van der Waals surface area contributed by atoms with Crippen molar-refractivity contribution in [3.8, 4) is 0 Å². The van der Waals surface area contributed by atoms with Crippen LogP contribution in [0.15, 0.2) is 24.3 Å². The fraction of sp³-hybridized carbons (Fsp3) is 0.286. The number of carboxylic acid groups (broad SMARTS) is 1. The van der Waals surface area contributed by atoms with Crippen molar-refractivity contribution in [2.24, 2.45) is 0 Å². The van der Waals surface area contributed by atoms with Crippen molar-refractivity contribution in [1.82, 2.24) is 0 Å². The molecule has 0 aromatic heterocycles. The van der Waals surface area contributed by atoms with Crippen molar-refractivity contribution in [1.29, 1.82) is 0 Å². The van der Waals surface area contributed by atoms with Crippen molar-refractivity contribution < 1.29 is 19.4 Å². The molecule has 5 heteroatoms. The normalized spacial score (nSPS) is 17.2. The van der Waals surface area contributed by atoms with Crippen LogP contribution in [0.2, 0.25) is 0 Å². The lowest BCUT2D eigenvalue weighted by Crippen LogP contribution is -2.34. The molecule has 1 aromatic rings. The van der Waals surface area contributed by atoms with E-state index in [0.717, 1.165) is 17.2 Å². The molecule has 1 aliphatic heterocycles. The molecule has 2 rings (SSSR count). The number of carbonyl (C=O) groups excluding carboxylic acids is 1. The number of benzene rings is 1. The van der Waals surface area contributed by atoms with E-state index in [9.17, 15) is 9.59 Å². The maximum absolute atomic E-state index is 11.4. The summed E-state index contributed by atoms with van der Waals surface area (Å²) >= 11 is 0. The standard InChI is InChI=1S/C14H15NO4/c1-8(6-12(16)17)9-4-5-11-10(7-9)14(2,3)19-13(18)15-11/h4-7H,1-3H3,(H,15,18)(H,16,17)/b8-6+.